The van der Waals surface area contributed by atoms with Crippen LogP contribution in [0, 0.1) is 5.41 Å². The monoisotopic (exact) mass is 388 g/mol. The highest BCUT2D eigenvalue weighted by molar-refractivity contribution is 5.88. The molecule has 0 saturated carbocycles. The summed E-state index contributed by atoms with van der Waals surface area (Å²) in [6, 6.07) is 8.93. The van der Waals surface area contributed by atoms with Crippen LogP contribution >= 0.6 is 0 Å². The molecule has 4 nitrogen and oxygen atoms in total. The van der Waals surface area contributed by atoms with E-state index in [1.807, 2.05) is 31.2 Å². The van der Waals surface area contributed by atoms with Crippen LogP contribution in [0.5, 0.6) is 5.75 Å². The predicted octanol–water partition coefficient (Wildman–Crippen LogP) is 6.18. The maximum absolute atomic E-state index is 12.2. The van der Waals surface area contributed by atoms with Gasteiger partial charge in [-0.2, -0.15) is 0 Å². The summed E-state index contributed by atoms with van der Waals surface area (Å²) in [4.78, 5) is 20.7. The van der Waals surface area contributed by atoms with Gasteiger partial charge in [-0.15, -0.1) is 0 Å². The van der Waals surface area contributed by atoms with Gasteiger partial charge in [0, 0.05) is 0 Å². The number of aromatic nitrogens is 2. The lowest BCUT2D eigenvalue weighted by molar-refractivity contribution is 0.0728. The van der Waals surface area contributed by atoms with Crippen molar-refractivity contribution < 1.29 is 9.53 Å². The van der Waals surface area contributed by atoms with E-state index in [1.54, 1.807) is 18.3 Å². The predicted molar refractivity (Wildman–Crippen MR) is 117 cm³/mol. The zero-order valence-electron chi connectivity index (χ0n) is 17.6. The molecule has 2 aromatic rings. The first-order valence-electron chi connectivity index (χ1n) is 10.0. The summed E-state index contributed by atoms with van der Waals surface area (Å²) in [5.41, 5.74) is 5.11. The molecule has 4 heteroatoms. The Morgan fingerprint density at radius 2 is 1.90 bits per heavy atom. The van der Waals surface area contributed by atoms with Gasteiger partial charge < -0.3 is 4.74 Å². The Kier molecular flexibility index (Phi) is 6.42. The number of carbonyl (C=O) groups is 1. The van der Waals surface area contributed by atoms with Crippen molar-refractivity contribution in [1.29, 1.82) is 0 Å². The van der Waals surface area contributed by atoms with Gasteiger partial charge in [-0.1, -0.05) is 49.8 Å². The summed E-state index contributed by atoms with van der Waals surface area (Å²) in [6.07, 6.45) is 13.0. The smallest absolute Gasteiger partial charge is 0.363 e. The number of allylic oxidation sites excluding steroid dienone is 5. The van der Waals surface area contributed by atoms with Gasteiger partial charge in [0.2, 0.25) is 0 Å². The average Bonchev–Trinajstić information content (AvgIpc) is 2.68. The molecule has 3 rings (SSSR count). The highest BCUT2D eigenvalue weighted by Crippen LogP contribution is 2.40. The number of hydrogen-bond donors (Lipinski definition) is 0. The van der Waals surface area contributed by atoms with E-state index in [2.05, 4.69) is 42.9 Å². The second-order valence-corrected chi connectivity index (χ2v) is 8.18. The molecule has 0 saturated heterocycles. The molecule has 0 amide bonds. The van der Waals surface area contributed by atoms with Crippen LogP contribution in [0.25, 0.3) is 6.08 Å². The standard InChI is InChI=1S/C25H28N2O2/c1-18(12-13-22-19(2)9-8-14-25(22,3)4)15-20-16-27-23(17-26-20)24(28)29-21-10-6-5-7-11-21/h5-7,10-13,15-17H,8-9,14H2,1-4H3. The largest absolute Gasteiger partial charge is 0.422 e. The Bertz CT molecular complexity index is 952. The summed E-state index contributed by atoms with van der Waals surface area (Å²) in [7, 11) is 0. The Hall–Kier alpha value is -3.01. The van der Waals surface area contributed by atoms with E-state index >= 15 is 0 Å². The third-order valence-corrected chi connectivity index (χ3v) is 5.27. The summed E-state index contributed by atoms with van der Waals surface area (Å²) in [5, 5.41) is 0. The molecule has 0 radical (unpaired) electrons. The van der Waals surface area contributed by atoms with E-state index in [1.165, 1.54) is 36.6 Å². The van der Waals surface area contributed by atoms with Crippen LogP contribution in [0.15, 0.2) is 71.6 Å². The van der Waals surface area contributed by atoms with Crippen LogP contribution in [-0.2, 0) is 0 Å². The molecule has 0 bridgehead atoms. The number of nitrogens with zero attached hydrogens (tertiary/aromatic N) is 2. The zero-order chi connectivity index (χ0) is 20.9. The highest BCUT2D eigenvalue weighted by atomic mass is 16.5. The van der Waals surface area contributed by atoms with E-state index < -0.39 is 5.97 Å². The first-order valence-corrected chi connectivity index (χ1v) is 10.0. The van der Waals surface area contributed by atoms with Gasteiger partial charge in [-0.25, -0.2) is 9.78 Å². The van der Waals surface area contributed by atoms with E-state index in [0.29, 0.717) is 11.4 Å². The maximum Gasteiger partial charge on any atom is 0.363 e. The normalized spacial score (nSPS) is 16.9. The lowest BCUT2D eigenvalue weighted by Gasteiger charge is -2.32. The molecule has 150 valence electrons. The summed E-state index contributed by atoms with van der Waals surface area (Å²) in [6.45, 7) is 8.90. The third-order valence-electron chi connectivity index (χ3n) is 5.27. The lowest BCUT2D eigenvalue weighted by atomic mass is 9.72. The number of hydrogen-bond acceptors (Lipinski definition) is 4. The van der Waals surface area contributed by atoms with Crippen LogP contribution in [-0.4, -0.2) is 15.9 Å². The number of rotatable bonds is 5. The van der Waals surface area contributed by atoms with Crippen molar-refractivity contribution >= 4 is 12.0 Å². The SMILES string of the molecule is CC(C=CC1=C(C)CCCC1(C)C)=Cc1cnc(C(=O)Oc2ccccc2)cn1. The van der Waals surface area contributed by atoms with Crippen LogP contribution in [0.3, 0.4) is 0 Å². The molecular weight excluding hydrogens is 360 g/mol. The Morgan fingerprint density at radius 3 is 2.55 bits per heavy atom. The van der Waals surface area contributed by atoms with Crippen molar-refractivity contribution in [2.24, 2.45) is 5.41 Å². The van der Waals surface area contributed by atoms with E-state index in [0.717, 1.165) is 5.57 Å². The molecule has 1 heterocycles. The highest BCUT2D eigenvalue weighted by Gasteiger charge is 2.26. The maximum atomic E-state index is 12.2. The summed E-state index contributed by atoms with van der Waals surface area (Å²) < 4.78 is 5.28. The first-order chi connectivity index (χ1) is 13.8. The molecule has 1 aromatic heterocycles. The first kappa shape index (κ1) is 20.7. The molecule has 0 spiro atoms. The zero-order valence-corrected chi connectivity index (χ0v) is 17.6. The summed E-state index contributed by atoms with van der Waals surface area (Å²) >= 11 is 0. The molecular formula is C25H28N2O2. The lowest BCUT2D eigenvalue weighted by Crippen LogP contribution is -2.19. The van der Waals surface area contributed by atoms with E-state index in [4.69, 9.17) is 4.74 Å². The molecule has 0 atom stereocenters. The Labute approximate surface area is 173 Å². The molecule has 29 heavy (non-hydrogen) atoms. The molecule has 1 aliphatic rings. The van der Waals surface area contributed by atoms with Crippen molar-refractivity contribution in [2.75, 3.05) is 0 Å². The minimum Gasteiger partial charge on any atom is -0.422 e. The third kappa shape index (κ3) is 5.50. The van der Waals surface area contributed by atoms with E-state index in [-0.39, 0.29) is 11.1 Å². The van der Waals surface area contributed by atoms with E-state index in [9.17, 15) is 4.79 Å². The van der Waals surface area contributed by atoms with Gasteiger partial charge >= 0.3 is 5.97 Å². The number of esters is 1. The van der Waals surface area contributed by atoms with Crippen molar-refractivity contribution in [3.05, 3.63) is 83.0 Å². The Morgan fingerprint density at radius 1 is 1.14 bits per heavy atom. The van der Waals surface area contributed by atoms with Crippen molar-refractivity contribution in [3.63, 3.8) is 0 Å². The van der Waals surface area contributed by atoms with Crippen molar-refractivity contribution in [2.45, 2.75) is 47.0 Å². The van der Waals surface area contributed by atoms with Gasteiger partial charge in [0.1, 0.15) is 5.75 Å². The molecule has 0 unspecified atom stereocenters. The molecule has 0 fully saturated rings. The van der Waals surface area contributed by atoms with Gasteiger partial charge in [0.25, 0.3) is 0 Å². The topological polar surface area (TPSA) is 52.1 Å². The van der Waals surface area contributed by atoms with Crippen LogP contribution in [0.2, 0.25) is 0 Å². The van der Waals surface area contributed by atoms with Gasteiger partial charge in [0.15, 0.2) is 5.69 Å². The number of carbonyl (C=O) groups excluding carboxylic acids is 1. The molecule has 0 N–H and O–H groups in total. The molecule has 1 aromatic carbocycles. The number of ether oxygens (including phenoxy) is 1. The molecule has 0 aliphatic heterocycles. The average molecular weight is 389 g/mol. The van der Waals surface area contributed by atoms with Gasteiger partial charge in [-0.3, -0.25) is 4.98 Å². The second-order valence-electron chi connectivity index (χ2n) is 8.18. The van der Waals surface area contributed by atoms with Gasteiger partial charge in [0.05, 0.1) is 18.1 Å². The van der Waals surface area contributed by atoms with Crippen molar-refractivity contribution in [3.8, 4) is 5.75 Å². The van der Waals surface area contributed by atoms with Crippen LogP contribution in [0.1, 0.15) is 63.1 Å². The molecule has 1 aliphatic carbocycles. The van der Waals surface area contributed by atoms with Gasteiger partial charge in [-0.05, 0) is 67.9 Å². The fraction of sp³-hybridized carbons (Fsp3) is 0.320. The van der Waals surface area contributed by atoms with Crippen LogP contribution in [0.4, 0.5) is 0 Å². The van der Waals surface area contributed by atoms with Crippen LogP contribution < -0.4 is 4.74 Å². The second kappa shape index (κ2) is 8.99. The summed E-state index contributed by atoms with van der Waals surface area (Å²) in [5.74, 6) is -0.0303. The fourth-order valence-electron chi connectivity index (χ4n) is 3.67. The number of benzene rings is 1. The number of para-hydroxylation sites is 1. The minimum absolute atomic E-state index is 0.184. The minimum atomic E-state index is -0.516. The van der Waals surface area contributed by atoms with Crippen molar-refractivity contribution in [1.82, 2.24) is 9.97 Å². The fourth-order valence-corrected chi connectivity index (χ4v) is 3.67. The Balaban J connectivity index is 1.68. The quantitative estimate of drug-likeness (QED) is 0.348.